The van der Waals surface area contributed by atoms with E-state index in [2.05, 4.69) is 6.92 Å². The second-order valence-electron chi connectivity index (χ2n) is 4.60. The van der Waals surface area contributed by atoms with Crippen molar-refractivity contribution in [2.75, 3.05) is 12.4 Å². The predicted octanol–water partition coefficient (Wildman–Crippen LogP) is 2.42. The summed E-state index contributed by atoms with van der Waals surface area (Å²) in [4.78, 5) is 0. The molecule has 76 valence electrons. The molecule has 0 aromatic rings. The van der Waals surface area contributed by atoms with Gasteiger partial charge in [0.2, 0.25) is 0 Å². The van der Waals surface area contributed by atoms with Crippen LogP contribution in [-0.2, 0) is 9.47 Å². The van der Waals surface area contributed by atoms with Gasteiger partial charge in [-0.3, -0.25) is 0 Å². The molecule has 2 fully saturated rings. The summed E-state index contributed by atoms with van der Waals surface area (Å²) in [6.07, 6.45) is 2.85. The van der Waals surface area contributed by atoms with Crippen molar-refractivity contribution < 1.29 is 9.47 Å². The van der Waals surface area contributed by atoms with E-state index in [-0.39, 0.29) is 10.5 Å². The first-order chi connectivity index (χ1) is 6.02. The zero-order valence-corrected chi connectivity index (χ0v) is 9.45. The lowest BCUT2D eigenvalue weighted by Crippen LogP contribution is -2.55. The smallest absolute Gasteiger partial charge is 0.163 e. The second kappa shape index (κ2) is 3.14. The Hall–Kier alpha value is 0.270. The van der Waals surface area contributed by atoms with Crippen molar-refractivity contribution in [2.45, 2.75) is 50.3 Å². The summed E-state index contributed by atoms with van der Waals surface area (Å²) in [5.41, 5.74) is 0. The number of hydrogen-bond acceptors (Lipinski definition) is 3. The molecule has 13 heavy (non-hydrogen) atoms. The van der Waals surface area contributed by atoms with E-state index >= 15 is 0 Å². The van der Waals surface area contributed by atoms with Gasteiger partial charge in [0.1, 0.15) is 0 Å². The zero-order chi connectivity index (χ0) is 9.53. The molecule has 0 aromatic heterocycles. The summed E-state index contributed by atoms with van der Waals surface area (Å²) in [5, 5.41) is 0. The average molecular weight is 202 g/mol. The van der Waals surface area contributed by atoms with E-state index in [1.165, 1.54) is 18.6 Å². The third-order valence-corrected chi connectivity index (χ3v) is 4.39. The van der Waals surface area contributed by atoms with Gasteiger partial charge in [-0.05, 0) is 39.4 Å². The van der Waals surface area contributed by atoms with Gasteiger partial charge in [-0.2, -0.15) is 11.8 Å². The maximum absolute atomic E-state index is 5.94. The van der Waals surface area contributed by atoms with Crippen molar-refractivity contribution in [2.24, 2.45) is 0 Å². The lowest BCUT2D eigenvalue weighted by atomic mass is 9.97. The summed E-state index contributed by atoms with van der Waals surface area (Å²) in [5.74, 6) is 0.877. The minimum absolute atomic E-state index is 0.202. The maximum Gasteiger partial charge on any atom is 0.163 e. The molecule has 0 unspecified atom stereocenters. The molecular formula is C10H18O2S. The molecule has 2 rings (SSSR count). The molecule has 2 aliphatic heterocycles. The van der Waals surface area contributed by atoms with Crippen LogP contribution in [0.4, 0.5) is 0 Å². The molecule has 0 spiro atoms. The molecule has 3 heteroatoms. The SMILES string of the molecule is CC1(C)OC[C@]2(C)SCCC[C@@H]2O1. The van der Waals surface area contributed by atoms with Crippen LogP contribution in [-0.4, -0.2) is 29.0 Å². The fourth-order valence-corrected chi connectivity index (χ4v) is 3.26. The molecule has 2 saturated heterocycles. The van der Waals surface area contributed by atoms with Crippen molar-refractivity contribution >= 4 is 11.8 Å². The van der Waals surface area contributed by atoms with Gasteiger partial charge in [-0.1, -0.05) is 0 Å². The van der Waals surface area contributed by atoms with Crippen molar-refractivity contribution in [1.29, 1.82) is 0 Å². The molecular weight excluding hydrogens is 184 g/mol. The van der Waals surface area contributed by atoms with Crippen molar-refractivity contribution in [3.8, 4) is 0 Å². The molecule has 2 nitrogen and oxygen atoms in total. The Morgan fingerprint density at radius 3 is 2.85 bits per heavy atom. The fourth-order valence-electron chi connectivity index (χ4n) is 1.98. The first-order valence-electron chi connectivity index (χ1n) is 4.98. The summed E-state index contributed by atoms with van der Waals surface area (Å²) in [7, 11) is 0. The van der Waals surface area contributed by atoms with Gasteiger partial charge in [0.25, 0.3) is 0 Å². The first kappa shape index (κ1) is 9.81. The van der Waals surface area contributed by atoms with Crippen molar-refractivity contribution in [3.63, 3.8) is 0 Å². The molecule has 0 aliphatic carbocycles. The van der Waals surface area contributed by atoms with Crippen LogP contribution in [0, 0.1) is 0 Å². The number of fused-ring (bicyclic) bond motifs is 1. The zero-order valence-electron chi connectivity index (χ0n) is 8.63. The van der Waals surface area contributed by atoms with Crippen LogP contribution in [0.15, 0.2) is 0 Å². The lowest BCUT2D eigenvalue weighted by Gasteiger charge is -2.49. The second-order valence-corrected chi connectivity index (χ2v) is 6.23. The van der Waals surface area contributed by atoms with E-state index in [0.29, 0.717) is 6.10 Å². The summed E-state index contributed by atoms with van der Waals surface area (Å²) < 4.78 is 11.8. The molecule has 0 radical (unpaired) electrons. The topological polar surface area (TPSA) is 18.5 Å². The quantitative estimate of drug-likeness (QED) is 0.601. The number of thioether (sulfide) groups is 1. The minimum atomic E-state index is -0.373. The number of ether oxygens (including phenoxy) is 2. The molecule has 0 saturated carbocycles. The van der Waals surface area contributed by atoms with Crippen LogP contribution in [0.1, 0.15) is 33.6 Å². The van der Waals surface area contributed by atoms with E-state index in [4.69, 9.17) is 9.47 Å². The molecule has 0 aromatic carbocycles. The highest BCUT2D eigenvalue weighted by atomic mass is 32.2. The van der Waals surface area contributed by atoms with Gasteiger partial charge in [0.05, 0.1) is 17.5 Å². The standard InChI is InChI=1S/C10H18O2S/c1-9(2)11-7-10(3)8(12-9)5-4-6-13-10/h8H,4-7H2,1-3H3/t8-,10-/m0/s1. The Labute approximate surface area is 84.4 Å². The Kier molecular flexibility index (Phi) is 2.37. The van der Waals surface area contributed by atoms with Gasteiger partial charge in [-0.25, -0.2) is 0 Å². The summed E-state index contributed by atoms with van der Waals surface area (Å²) in [6.45, 7) is 7.10. The van der Waals surface area contributed by atoms with Gasteiger partial charge < -0.3 is 9.47 Å². The van der Waals surface area contributed by atoms with Crippen molar-refractivity contribution in [1.82, 2.24) is 0 Å². The minimum Gasteiger partial charge on any atom is -0.349 e. The first-order valence-corrected chi connectivity index (χ1v) is 5.96. The monoisotopic (exact) mass is 202 g/mol. The Bertz CT molecular complexity index is 205. The van der Waals surface area contributed by atoms with Crippen LogP contribution in [0.2, 0.25) is 0 Å². The predicted molar refractivity (Wildman–Crippen MR) is 55.0 cm³/mol. The molecule has 0 amide bonds. The van der Waals surface area contributed by atoms with Gasteiger partial charge in [-0.15, -0.1) is 0 Å². The Balaban J connectivity index is 2.10. The number of hydrogen-bond donors (Lipinski definition) is 0. The van der Waals surface area contributed by atoms with E-state index in [1.54, 1.807) is 0 Å². The van der Waals surface area contributed by atoms with Crippen LogP contribution in [0.3, 0.4) is 0 Å². The fraction of sp³-hybridized carbons (Fsp3) is 1.00. The van der Waals surface area contributed by atoms with Gasteiger partial charge in [0.15, 0.2) is 5.79 Å². The highest BCUT2D eigenvalue weighted by molar-refractivity contribution is 8.00. The van der Waals surface area contributed by atoms with Crippen LogP contribution >= 0.6 is 11.8 Å². The maximum atomic E-state index is 5.94. The largest absolute Gasteiger partial charge is 0.349 e. The summed E-state index contributed by atoms with van der Waals surface area (Å²) >= 11 is 2.00. The van der Waals surface area contributed by atoms with E-state index in [1.807, 2.05) is 25.6 Å². The molecule has 2 heterocycles. The van der Waals surface area contributed by atoms with Gasteiger partial charge in [0, 0.05) is 0 Å². The summed E-state index contributed by atoms with van der Waals surface area (Å²) in [6, 6.07) is 0. The highest BCUT2D eigenvalue weighted by Gasteiger charge is 2.46. The van der Waals surface area contributed by atoms with Gasteiger partial charge >= 0.3 is 0 Å². The van der Waals surface area contributed by atoms with E-state index in [9.17, 15) is 0 Å². The third-order valence-electron chi connectivity index (χ3n) is 2.86. The highest BCUT2D eigenvalue weighted by Crippen LogP contribution is 2.43. The molecule has 0 bridgehead atoms. The molecule has 2 atom stereocenters. The molecule has 2 aliphatic rings. The van der Waals surface area contributed by atoms with E-state index < -0.39 is 0 Å². The average Bonchev–Trinajstić information content (AvgIpc) is 2.05. The third kappa shape index (κ3) is 1.88. The lowest BCUT2D eigenvalue weighted by molar-refractivity contribution is -0.284. The molecule has 0 N–H and O–H groups in total. The normalized spacial score (nSPS) is 44.1. The van der Waals surface area contributed by atoms with Crippen LogP contribution < -0.4 is 0 Å². The van der Waals surface area contributed by atoms with Crippen LogP contribution in [0.25, 0.3) is 0 Å². The van der Waals surface area contributed by atoms with E-state index in [0.717, 1.165) is 6.61 Å². The number of rotatable bonds is 0. The Morgan fingerprint density at radius 2 is 2.08 bits per heavy atom. The Morgan fingerprint density at radius 1 is 1.31 bits per heavy atom. The van der Waals surface area contributed by atoms with Crippen LogP contribution in [0.5, 0.6) is 0 Å². The van der Waals surface area contributed by atoms with Crippen molar-refractivity contribution in [3.05, 3.63) is 0 Å².